The normalized spacial score (nSPS) is 32.4. The Morgan fingerprint density at radius 1 is 1.02 bits per heavy atom. The van der Waals surface area contributed by atoms with Crippen molar-refractivity contribution >= 4 is 101 Å². The lowest BCUT2D eigenvalue weighted by atomic mass is 9.83. The molecule has 7 unspecified atom stereocenters. The van der Waals surface area contributed by atoms with Crippen LogP contribution in [0.2, 0.25) is 5.02 Å². The topological polar surface area (TPSA) is 497 Å². The van der Waals surface area contributed by atoms with E-state index in [9.17, 15) is 78.3 Å². The Labute approximate surface area is 574 Å². The fraction of sp³-hybridized carbons (Fsp3) is 0.655. The van der Waals surface area contributed by atoms with Gasteiger partial charge in [0.1, 0.15) is 83.5 Å². The summed E-state index contributed by atoms with van der Waals surface area (Å²) in [6.45, 7) is 8.99. The number of hydrogen-bond donors (Lipinski definition) is 12. The average Bonchev–Trinajstić information content (AvgIpc) is 1.57. The molecule has 546 valence electrons. The zero-order valence-electron chi connectivity index (χ0n) is 55.0. The smallest absolute Gasteiger partial charge is 0.483 e. The number of aromatic amines is 1. The van der Waals surface area contributed by atoms with Gasteiger partial charge in [0.15, 0.2) is 29.4 Å². The number of alkyl carbamates (subject to hydrolysis) is 1. The number of carbonyl (C=O) groups is 5. The van der Waals surface area contributed by atoms with Crippen LogP contribution in [0.3, 0.4) is 0 Å². The molecule has 5 aliphatic rings. The predicted octanol–water partition coefficient (Wildman–Crippen LogP) is 1.74. The highest BCUT2D eigenvalue weighted by molar-refractivity contribution is 8.77. The van der Waals surface area contributed by atoms with Gasteiger partial charge >= 0.3 is 27.7 Å². The number of nitrogens with one attached hydrogen (secondary N) is 3. The lowest BCUT2D eigenvalue weighted by Crippen LogP contribution is -2.63. The third-order valence-corrected chi connectivity index (χ3v) is 23.9. The number of H-pyrrole nitrogens is 1. The Balaban J connectivity index is 0.791. The molecule has 35 nitrogen and oxygen atoms in total. The second-order valence-corrected chi connectivity index (χ2v) is 31.7. The lowest BCUT2D eigenvalue weighted by molar-refractivity contribution is -0.273. The number of phosphoric acid groups is 2. The first-order valence-corrected chi connectivity index (χ1v) is 36.6. The zero-order chi connectivity index (χ0) is 72.3. The van der Waals surface area contributed by atoms with Crippen LogP contribution < -0.4 is 31.6 Å². The van der Waals surface area contributed by atoms with Gasteiger partial charge in [-0.2, -0.15) is 9.29 Å². The minimum absolute atomic E-state index is 0.000133. The number of benzene rings is 1. The molecule has 4 fully saturated rings. The van der Waals surface area contributed by atoms with Crippen LogP contribution in [-0.4, -0.2) is 237 Å². The number of anilines is 2. The number of aliphatic hydroxyl groups excluding tert-OH is 5. The number of hydrogen-bond acceptors (Lipinski definition) is 29. The summed E-state index contributed by atoms with van der Waals surface area (Å²) in [7, 11) is -2.78. The third-order valence-electron chi connectivity index (χ3n) is 17.5. The Bertz CT molecular complexity index is 3650. The van der Waals surface area contributed by atoms with E-state index in [2.05, 4.69) is 29.9 Å². The summed E-state index contributed by atoms with van der Waals surface area (Å²) in [6.07, 6.45) is -15.2. The van der Waals surface area contributed by atoms with Gasteiger partial charge in [0.05, 0.1) is 38.3 Å². The maximum Gasteiger partial charge on any atom is 0.483 e. The highest BCUT2D eigenvalue weighted by Crippen LogP contribution is 2.62. The van der Waals surface area contributed by atoms with Crippen LogP contribution in [0.4, 0.5) is 16.4 Å². The number of allylic oxidation sites excluding steroid dienone is 3. The number of phosphoric ester groups is 2. The zero-order valence-corrected chi connectivity index (χ0v) is 59.2. The number of ether oxygens (including phenoxy) is 7. The van der Waals surface area contributed by atoms with Crippen molar-refractivity contribution in [3.63, 3.8) is 0 Å². The number of imidazole rings is 1. The van der Waals surface area contributed by atoms with Gasteiger partial charge in [-0.1, -0.05) is 63.9 Å². The van der Waals surface area contributed by atoms with Crippen LogP contribution in [0.5, 0.6) is 5.75 Å². The highest BCUT2D eigenvalue weighted by Gasteiger charge is 2.65. The van der Waals surface area contributed by atoms with Crippen molar-refractivity contribution in [3.8, 4) is 5.75 Å². The van der Waals surface area contributed by atoms with Crippen molar-refractivity contribution in [1.82, 2.24) is 35.1 Å². The van der Waals surface area contributed by atoms with Gasteiger partial charge in [-0.25, -0.2) is 23.7 Å². The first kappa shape index (κ1) is 78.4. The van der Waals surface area contributed by atoms with Gasteiger partial charge in [0.25, 0.3) is 5.56 Å². The molecule has 5 aliphatic heterocycles. The highest BCUT2D eigenvalue weighted by atomic mass is 35.5. The predicted molar refractivity (Wildman–Crippen MR) is 349 cm³/mol. The molecule has 7 heterocycles. The number of nitrogens with zero attached hydrogens (tertiary/aromatic N) is 5. The number of likely N-dealkylation sites (N-methyl/N-ethyl adjacent to an activating group) is 1. The number of aromatic nitrogens is 4. The van der Waals surface area contributed by atoms with Gasteiger partial charge < -0.3 is 94.4 Å². The van der Waals surface area contributed by atoms with Crippen LogP contribution in [-0.2, 0) is 76.5 Å². The molecule has 98 heavy (non-hydrogen) atoms. The van der Waals surface area contributed by atoms with Crippen LogP contribution in [0, 0.1) is 5.92 Å². The van der Waals surface area contributed by atoms with Crippen molar-refractivity contribution in [3.05, 3.63) is 63.2 Å². The van der Waals surface area contributed by atoms with Crippen molar-refractivity contribution < 1.29 is 120 Å². The molecule has 0 spiro atoms. The fourth-order valence-electron chi connectivity index (χ4n) is 11.5. The number of fused-ring (bicyclic) bond motifs is 6. The summed E-state index contributed by atoms with van der Waals surface area (Å²) in [4.78, 5) is 114. The monoisotopic (exact) mass is 1480 g/mol. The molecule has 4 amide bonds. The van der Waals surface area contributed by atoms with Crippen LogP contribution in [0.25, 0.3) is 11.2 Å². The minimum atomic E-state index is -5.80. The number of epoxide rings is 1. The Morgan fingerprint density at radius 3 is 2.42 bits per heavy atom. The van der Waals surface area contributed by atoms with Gasteiger partial charge in [-0.05, 0) is 71.6 Å². The Morgan fingerprint density at radius 2 is 1.72 bits per heavy atom. The van der Waals surface area contributed by atoms with Crippen molar-refractivity contribution in [2.24, 2.45) is 5.92 Å². The van der Waals surface area contributed by atoms with Crippen molar-refractivity contribution in [2.45, 2.75) is 188 Å². The molecular formula is C58H84ClN9O26P2S2. The molecule has 3 aromatic rings. The molecule has 2 aromatic heterocycles. The number of esters is 1. The maximum atomic E-state index is 14.5. The first-order valence-electron chi connectivity index (χ1n) is 30.9. The Kier molecular flexibility index (Phi) is 25.5. The maximum absolute atomic E-state index is 14.5. The molecule has 4 bridgehead atoms. The lowest BCUT2D eigenvalue weighted by Gasteiger charge is -2.42. The number of aliphatic hydroxyl groups is 6. The van der Waals surface area contributed by atoms with E-state index in [1.807, 2.05) is 26.8 Å². The van der Waals surface area contributed by atoms with E-state index < -0.39 is 178 Å². The molecule has 19 atom stereocenters. The second-order valence-electron chi connectivity index (χ2n) is 25.2. The minimum Gasteiger partial charge on any atom is -0.495 e. The summed E-state index contributed by atoms with van der Waals surface area (Å²) in [6, 6.07) is 2.33. The standard InChI is InChI=1S/C58H84ClN9O26P2S2/c1-27-13-11-14-36(86-10)58(80)23-33(90-55(79)65-58)28(2)48-57(6,92-48)37(22-40(71)67(8)31-20-30(19-27)21-32(85-9)41(31)59)91-52(78)29(3)66(7)39(70)16-17-56(4,5)98-97-18-12-15-38(69)61-24-34-43(72)45(74)47(76)53(89-34)93-96(83,84)94-95(81,82)87-25-35-44(73)46(75)51(88-35)68-26-62-42-49(68)63-54(60)64-50(42)77/h11,13-14,20-21,26,28-29,33-37,43-48,51,53,72-76,80H,12,15-19,22-25H2,1-10H3,(H,61,69)(H,65,79)(H,81,82)(H,83,84)(H3,60,63,64,77)/b14-11+,27-13+/t28-,29+,33+,34?,35-,36-,37+,43-,44?,45?,46?,47?,48+,51-,53-,57-,58+/m1/s1. The number of nitrogen functional groups attached to an aromatic ring is 1. The molecule has 1 aromatic carbocycles. The van der Waals surface area contributed by atoms with E-state index in [-0.39, 0.29) is 41.4 Å². The third kappa shape index (κ3) is 18.6. The van der Waals surface area contributed by atoms with Crippen molar-refractivity contribution in [1.29, 1.82) is 0 Å². The van der Waals surface area contributed by atoms with E-state index >= 15 is 0 Å². The summed E-state index contributed by atoms with van der Waals surface area (Å²) in [5.74, 6) is -2.52. The van der Waals surface area contributed by atoms with E-state index in [0.717, 1.165) is 22.0 Å². The summed E-state index contributed by atoms with van der Waals surface area (Å²) in [5, 5.41) is 70.2. The van der Waals surface area contributed by atoms with Crippen LogP contribution >= 0.6 is 48.8 Å². The number of carbonyl (C=O) groups excluding carboxylic acids is 5. The molecule has 40 heteroatoms. The number of rotatable bonds is 24. The number of halogens is 1. The van der Waals surface area contributed by atoms with Gasteiger partial charge in [-0.15, -0.1) is 0 Å². The van der Waals surface area contributed by atoms with Crippen LogP contribution in [0.1, 0.15) is 91.9 Å². The van der Waals surface area contributed by atoms with Gasteiger partial charge in [0.2, 0.25) is 23.7 Å². The second kappa shape index (κ2) is 31.9. The molecular weight excluding hydrogens is 1400 g/mol. The quantitative estimate of drug-likeness (QED) is 0.0200. The molecule has 13 N–H and O–H groups in total. The molecule has 0 saturated carbocycles. The summed E-state index contributed by atoms with van der Waals surface area (Å²) >= 11 is 6.84. The summed E-state index contributed by atoms with van der Waals surface area (Å²) < 4.78 is 80.7. The van der Waals surface area contributed by atoms with Crippen LogP contribution in [0.15, 0.2) is 47.1 Å². The number of amides is 4. The van der Waals surface area contributed by atoms with E-state index in [1.54, 1.807) is 38.1 Å². The fourth-order valence-corrected chi connectivity index (χ4v) is 16.6. The molecule has 0 radical (unpaired) electrons. The molecule has 4 saturated heterocycles. The molecule has 0 aliphatic carbocycles. The number of nitrogens with two attached hydrogens (primary N) is 1. The van der Waals surface area contributed by atoms with E-state index in [1.165, 1.54) is 66.6 Å². The van der Waals surface area contributed by atoms with Crippen molar-refractivity contribution in [2.75, 3.05) is 57.9 Å². The van der Waals surface area contributed by atoms with E-state index in [4.69, 9.17) is 59.5 Å². The largest absolute Gasteiger partial charge is 0.495 e. The molecule has 8 rings (SSSR count). The van der Waals surface area contributed by atoms with Gasteiger partial charge in [-0.3, -0.25) is 43.1 Å². The summed E-state index contributed by atoms with van der Waals surface area (Å²) in [5.41, 5.74) is 3.20. The van der Waals surface area contributed by atoms with Gasteiger partial charge in [0, 0.05) is 63.4 Å². The van der Waals surface area contributed by atoms with E-state index in [0.29, 0.717) is 36.5 Å². The Hall–Kier alpha value is -5.35. The average molecular weight is 1480 g/mol. The number of methoxy groups -OCH3 is 2. The SMILES string of the molecule is COc1cc2cc(c1Cl)N(C)C(=O)C[C@H](OC(=O)[C@H](C)N(C)C(=O)CCC(C)(C)SSCCCC(=O)NCC1O[C@H](OP(=O)(O)OP(=O)(O)OC[C@H]3O[C@@H](n4cnc5c(=O)[nH]c(N)nc54)C(O)C3O)C(O)C(O)[C@@H]1O)[C@@]1(C)O[C@H]1[C@H](C)[C@@H]1C[C@@](O)(NC(=O)O1)[C@H](OC)/C=C/C=C(\C)C2. The first-order chi connectivity index (χ1) is 45.8.